The van der Waals surface area contributed by atoms with Gasteiger partial charge in [-0.1, -0.05) is 18.1 Å². The number of amides is 2. The van der Waals surface area contributed by atoms with Crippen molar-refractivity contribution in [3.63, 3.8) is 0 Å². The molecule has 0 aliphatic carbocycles. The van der Waals surface area contributed by atoms with Gasteiger partial charge in [0.25, 0.3) is 11.8 Å². The number of hydrogen-bond donors (Lipinski definition) is 3. The number of thioether (sulfide) groups is 1. The Morgan fingerprint density at radius 3 is 2.88 bits per heavy atom. The van der Waals surface area contributed by atoms with Crippen LogP contribution in [-0.4, -0.2) is 78.6 Å². The van der Waals surface area contributed by atoms with Crippen molar-refractivity contribution in [1.29, 1.82) is 0 Å². The zero-order valence-corrected chi connectivity index (χ0v) is 13.5. The van der Waals surface area contributed by atoms with Crippen LogP contribution in [0.4, 0.5) is 4.32 Å². The maximum Gasteiger partial charge on any atom is 0.420 e. The molecule has 128 valence electrons. The van der Waals surface area contributed by atoms with Gasteiger partial charge in [-0.05, 0) is 12.0 Å². The van der Waals surface area contributed by atoms with E-state index in [0.717, 1.165) is 16.7 Å². The Labute approximate surface area is 149 Å². The summed E-state index contributed by atoms with van der Waals surface area (Å²) < 4.78 is 15.9. The molecular weight excluding hydrogens is 354 g/mol. The first kappa shape index (κ1) is 19.4. The molecule has 1 fully saturated rings. The summed E-state index contributed by atoms with van der Waals surface area (Å²) in [6, 6.07) is -1.03. The number of halogens is 1. The molecule has 9 nitrogen and oxygen atoms in total. The summed E-state index contributed by atoms with van der Waals surface area (Å²) in [4.78, 5) is 36.3. The lowest BCUT2D eigenvalue weighted by molar-refractivity contribution is -0.150. The Hall–Kier alpha value is -1.95. The molecule has 0 aromatic carbocycles. The summed E-state index contributed by atoms with van der Waals surface area (Å²) in [6.45, 7) is 0. The van der Waals surface area contributed by atoms with Crippen molar-refractivity contribution < 1.29 is 33.7 Å². The number of carboxylic acid groups (broad SMARTS) is 1. The van der Waals surface area contributed by atoms with Crippen molar-refractivity contribution in [2.24, 2.45) is 5.16 Å². The SMILES string of the molecule is [B]O/N=C\C(=O)NC1C(=O)N2C(C(=O)O)=C(CC[B][B]F)C(O)SC12. The molecule has 3 N–H and O–H groups in total. The fraction of sp³-hybridized carbons (Fsp3) is 0.455. The quantitative estimate of drug-likeness (QED) is 0.151. The van der Waals surface area contributed by atoms with Crippen molar-refractivity contribution in [2.75, 3.05) is 0 Å². The zero-order chi connectivity index (χ0) is 18.6. The van der Waals surface area contributed by atoms with E-state index in [0.29, 0.717) is 13.7 Å². The average Bonchev–Trinajstić information content (AvgIpc) is 2.58. The molecule has 14 heteroatoms. The van der Waals surface area contributed by atoms with Crippen molar-refractivity contribution in [2.45, 2.75) is 29.6 Å². The smallest absolute Gasteiger partial charge is 0.420 e. The van der Waals surface area contributed by atoms with Gasteiger partial charge in [0.15, 0.2) is 0 Å². The standard InChI is InChI=1S/C11H11B3FN3O6S/c12-24-16-3-5(19)17-6-8(20)18-7(10(21)22)4(1-2-13-14-15)11(23)25-9(6)18/h3,6,9,11,23H,1-2H2,(H,17,19)(H,21,22)/b16-3-. The van der Waals surface area contributed by atoms with Crippen LogP contribution < -0.4 is 5.32 Å². The number of fused-ring (bicyclic) bond motifs is 1. The number of carbonyl (C=O) groups excluding carboxylic acids is 2. The Balaban J connectivity index is 2.18. The van der Waals surface area contributed by atoms with Crippen LogP contribution in [0.2, 0.25) is 6.32 Å². The van der Waals surface area contributed by atoms with Gasteiger partial charge in [-0.3, -0.25) is 14.5 Å². The molecular formula is C11H11B3FN3O6S. The largest absolute Gasteiger partial charge is 0.480 e. The molecule has 4 radical (unpaired) electrons. The van der Waals surface area contributed by atoms with Crippen molar-refractivity contribution >= 4 is 58.4 Å². The summed E-state index contributed by atoms with van der Waals surface area (Å²) in [6.07, 6.45) is 0.954. The van der Waals surface area contributed by atoms with E-state index in [1.54, 1.807) is 0 Å². The van der Waals surface area contributed by atoms with Crippen LogP contribution in [0.5, 0.6) is 0 Å². The van der Waals surface area contributed by atoms with Gasteiger partial charge in [0, 0.05) is 0 Å². The van der Waals surface area contributed by atoms with Gasteiger partial charge < -0.3 is 24.6 Å². The lowest BCUT2D eigenvalue weighted by atomic mass is 9.49. The Kier molecular flexibility index (Phi) is 6.54. The fourth-order valence-corrected chi connectivity index (χ4v) is 3.84. The maximum atomic E-state index is 12.2. The van der Waals surface area contributed by atoms with Crippen LogP contribution in [0.15, 0.2) is 16.4 Å². The summed E-state index contributed by atoms with van der Waals surface area (Å²) >= 11 is 0.908. The van der Waals surface area contributed by atoms with Crippen LogP contribution in [0, 0.1) is 0 Å². The van der Waals surface area contributed by atoms with Crippen LogP contribution in [-0.2, 0) is 19.1 Å². The van der Waals surface area contributed by atoms with Gasteiger partial charge in [-0.2, -0.15) is 0 Å². The minimum absolute atomic E-state index is 0.0737. The number of rotatable bonds is 8. The highest BCUT2D eigenvalue weighted by Gasteiger charge is 2.55. The van der Waals surface area contributed by atoms with E-state index in [1.807, 2.05) is 0 Å². The second-order valence-corrected chi connectivity index (χ2v) is 6.19. The first-order valence-electron chi connectivity index (χ1n) is 7.00. The number of aliphatic hydroxyl groups excluding tert-OH is 1. The predicted octanol–water partition coefficient (Wildman–Crippen LogP) is -1.85. The third kappa shape index (κ3) is 4.01. The van der Waals surface area contributed by atoms with Gasteiger partial charge in [-0.15, -0.1) is 5.16 Å². The molecule has 0 aromatic rings. The summed E-state index contributed by atoms with van der Waals surface area (Å²) in [5.74, 6) is -2.80. The van der Waals surface area contributed by atoms with E-state index >= 15 is 0 Å². The molecule has 25 heavy (non-hydrogen) atoms. The fourth-order valence-electron chi connectivity index (χ4n) is 2.51. The number of nitrogens with zero attached hydrogens (tertiary/aromatic N) is 2. The molecule has 2 aliphatic rings. The number of aliphatic hydroxyl groups is 1. The van der Waals surface area contributed by atoms with Crippen LogP contribution in [0.3, 0.4) is 0 Å². The molecule has 3 atom stereocenters. The lowest BCUT2D eigenvalue weighted by Gasteiger charge is -2.50. The van der Waals surface area contributed by atoms with E-state index in [-0.39, 0.29) is 24.0 Å². The van der Waals surface area contributed by atoms with E-state index in [1.165, 1.54) is 7.17 Å². The molecule has 2 heterocycles. The molecule has 0 spiro atoms. The number of oxime groups is 1. The summed E-state index contributed by atoms with van der Waals surface area (Å²) in [5, 5.41) is 24.2. The summed E-state index contributed by atoms with van der Waals surface area (Å²) in [7, 11) is 6.13. The number of carboxylic acids is 1. The number of carbonyl (C=O) groups is 3. The Morgan fingerprint density at radius 2 is 2.28 bits per heavy atom. The first-order valence-corrected chi connectivity index (χ1v) is 7.94. The van der Waals surface area contributed by atoms with Crippen molar-refractivity contribution in [3.8, 4) is 0 Å². The highest BCUT2D eigenvalue weighted by atomic mass is 32.2. The van der Waals surface area contributed by atoms with Gasteiger partial charge in [0.05, 0.1) is 0 Å². The lowest BCUT2D eigenvalue weighted by Crippen LogP contribution is -2.71. The third-order valence-electron chi connectivity index (χ3n) is 3.56. The predicted molar refractivity (Wildman–Crippen MR) is 88.2 cm³/mol. The molecule has 0 aromatic heterocycles. The van der Waals surface area contributed by atoms with Gasteiger partial charge in [-0.25, -0.2) is 4.79 Å². The number of hydrogen-bond acceptors (Lipinski definition) is 7. The topological polar surface area (TPSA) is 129 Å². The first-order chi connectivity index (χ1) is 11.9. The Morgan fingerprint density at radius 1 is 1.56 bits per heavy atom. The summed E-state index contributed by atoms with van der Waals surface area (Å²) in [5.41, 5.74) is -1.44. The average molecular weight is 365 g/mol. The highest BCUT2D eigenvalue weighted by molar-refractivity contribution is 8.00. The third-order valence-corrected chi connectivity index (χ3v) is 4.86. The Bertz CT molecular complexity index is 636. The second-order valence-electron chi connectivity index (χ2n) is 4.99. The molecule has 2 rings (SSSR count). The van der Waals surface area contributed by atoms with E-state index < -0.39 is 34.6 Å². The van der Waals surface area contributed by atoms with Crippen LogP contribution >= 0.6 is 11.8 Å². The second kappa shape index (κ2) is 8.43. The molecule has 2 amide bonds. The highest BCUT2D eigenvalue weighted by Crippen LogP contribution is 2.44. The minimum atomic E-state index is -1.39. The minimum Gasteiger partial charge on any atom is -0.480 e. The number of aliphatic carboxylic acids is 1. The number of nitrogens with one attached hydrogen (secondary N) is 1. The van der Waals surface area contributed by atoms with Crippen LogP contribution in [0.25, 0.3) is 0 Å². The molecule has 0 saturated carbocycles. The van der Waals surface area contributed by atoms with E-state index in [9.17, 15) is 28.9 Å². The molecule has 1 saturated heterocycles. The molecule has 3 unspecified atom stereocenters. The normalized spacial score (nSPS) is 25.3. The van der Waals surface area contributed by atoms with Gasteiger partial charge >= 0.3 is 21.5 Å². The monoisotopic (exact) mass is 365 g/mol. The van der Waals surface area contributed by atoms with Crippen molar-refractivity contribution in [1.82, 2.24) is 10.2 Å². The van der Waals surface area contributed by atoms with E-state index in [4.69, 9.17) is 0 Å². The maximum absolute atomic E-state index is 12.2. The van der Waals surface area contributed by atoms with Crippen molar-refractivity contribution in [3.05, 3.63) is 11.3 Å². The van der Waals surface area contributed by atoms with Gasteiger partial charge in [0.2, 0.25) is 0 Å². The molecule has 2 aliphatic heterocycles. The van der Waals surface area contributed by atoms with Gasteiger partial charge in [0.1, 0.15) is 35.9 Å². The molecule has 0 bridgehead atoms. The van der Waals surface area contributed by atoms with E-state index in [2.05, 4.69) is 23.3 Å². The number of β-lactam (4-membered cyclic amide) rings is 1. The zero-order valence-electron chi connectivity index (χ0n) is 12.7. The van der Waals surface area contributed by atoms with Crippen LogP contribution in [0.1, 0.15) is 6.42 Å².